The van der Waals surface area contributed by atoms with Crippen molar-refractivity contribution < 1.29 is 18.3 Å². The summed E-state index contributed by atoms with van der Waals surface area (Å²) >= 11 is 0. The molecule has 0 radical (unpaired) electrons. The smallest absolute Gasteiger partial charge is 0.261 e. The predicted molar refractivity (Wildman–Crippen MR) is 83.8 cm³/mol. The lowest BCUT2D eigenvalue weighted by molar-refractivity contribution is -0.134. The largest absolute Gasteiger partial charge is 0.375 e. The van der Waals surface area contributed by atoms with Crippen LogP contribution >= 0.6 is 0 Å². The number of carbonyl (C=O) groups is 1. The number of hydrogen-bond donors (Lipinski definition) is 3. The minimum Gasteiger partial charge on any atom is -0.375 e. The summed E-state index contributed by atoms with van der Waals surface area (Å²) in [6.45, 7) is 0.530. The van der Waals surface area contributed by atoms with Crippen molar-refractivity contribution in [3.8, 4) is 0 Å². The lowest BCUT2D eigenvalue weighted by Crippen LogP contribution is -2.37. The molecule has 1 aliphatic heterocycles. The second-order valence-corrected chi connectivity index (χ2v) is 7.64. The quantitative estimate of drug-likeness (QED) is 0.674. The van der Waals surface area contributed by atoms with Crippen molar-refractivity contribution in [3.05, 3.63) is 29.3 Å². The molecule has 122 valence electrons. The van der Waals surface area contributed by atoms with Crippen molar-refractivity contribution in [2.45, 2.75) is 17.8 Å². The van der Waals surface area contributed by atoms with Gasteiger partial charge < -0.3 is 15.3 Å². The van der Waals surface area contributed by atoms with Crippen LogP contribution in [0.2, 0.25) is 0 Å². The second kappa shape index (κ2) is 5.96. The first kappa shape index (κ1) is 16.9. The van der Waals surface area contributed by atoms with E-state index in [9.17, 15) is 18.3 Å². The highest BCUT2D eigenvalue weighted by Crippen LogP contribution is 2.39. The molecule has 1 aliphatic rings. The average Bonchev–Trinajstić information content (AvgIpc) is 2.69. The topological polar surface area (TPSA) is 98.7 Å². The molecule has 0 fully saturated rings. The fourth-order valence-electron chi connectivity index (χ4n) is 2.41. The molecule has 0 saturated carbocycles. The minimum atomic E-state index is -3.41. The monoisotopic (exact) mass is 327 g/mol. The number of nitrogens with one attached hydrogen (secondary N) is 2. The molecule has 1 heterocycles. The maximum Gasteiger partial charge on any atom is 0.261 e. The van der Waals surface area contributed by atoms with Crippen molar-refractivity contribution >= 4 is 21.6 Å². The highest BCUT2D eigenvalue weighted by Gasteiger charge is 2.45. The molecule has 0 aliphatic carbocycles. The van der Waals surface area contributed by atoms with Crippen LogP contribution in [0.1, 0.15) is 17.5 Å². The molecular weight excluding hydrogens is 306 g/mol. The summed E-state index contributed by atoms with van der Waals surface area (Å²) in [5.41, 5.74) is -0.146. The standard InChI is InChI=1S/C14H21N3O4S/c1-15-22(20,21)9-10-4-5-12-11(8-10)14(19,13(18)16-12)6-7-17(2)3/h4-5,8,15,19H,6-7,9H2,1-3H3,(H,16,18). The highest BCUT2D eigenvalue weighted by molar-refractivity contribution is 7.88. The van der Waals surface area contributed by atoms with Crippen LogP contribution in [0.5, 0.6) is 0 Å². The number of benzene rings is 1. The molecule has 1 aromatic carbocycles. The van der Waals surface area contributed by atoms with Crippen molar-refractivity contribution in [2.75, 3.05) is 33.0 Å². The van der Waals surface area contributed by atoms with Crippen molar-refractivity contribution in [1.82, 2.24) is 9.62 Å². The van der Waals surface area contributed by atoms with Gasteiger partial charge in [0.15, 0.2) is 5.60 Å². The average molecular weight is 327 g/mol. The van der Waals surface area contributed by atoms with Gasteiger partial charge in [0.05, 0.1) is 5.75 Å². The van der Waals surface area contributed by atoms with Gasteiger partial charge in [0.1, 0.15) is 0 Å². The van der Waals surface area contributed by atoms with Gasteiger partial charge in [-0.25, -0.2) is 13.1 Å². The first-order chi connectivity index (χ1) is 10.2. The van der Waals surface area contributed by atoms with Gasteiger partial charge in [-0.3, -0.25) is 4.79 Å². The van der Waals surface area contributed by atoms with Gasteiger partial charge >= 0.3 is 0 Å². The Hall–Kier alpha value is -1.48. The second-order valence-electron chi connectivity index (χ2n) is 5.71. The minimum absolute atomic E-state index is 0.200. The number of amides is 1. The molecule has 22 heavy (non-hydrogen) atoms. The molecule has 8 heteroatoms. The van der Waals surface area contributed by atoms with E-state index in [-0.39, 0.29) is 12.2 Å². The number of sulfonamides is 1. The Kier molecular flexibility index (Phi) is 4.57. The van der Waals surface area contributed by atoms with Crippen LogP contribution in [0.4, 0.5) is 5.69 Å². The number of rotatable bonds is 6. The Labute approximate surface area is 130 Å². The van der Waals surface area contributed by atoms with Crippen LogP contribution in [-0.4, -0.2) is 52.0 Å². The molecule has 0 aromatic heterocycles. The highest BCUT2D eigenvalue weighted by atomic mass is 32.2. The zero-order valence-electron chi connectivity index (χ0n) is 12.9. The normalized spacial score (nSPS) is 21.0. The van der Waals surface area contributed by atoms with Crippen LogP contribution in [0.3, 0.4) is 0 Å². The molecule has 2 rings (SSSR count). The van der Waals surface area contributed by atoms with Gasteiger partial charge in [-0.15, -0.1) is 0 Å². The van der Waals surface area contributed by atoms with Gasteiger partial charge in [0, 0.05) is 24.2 Å². The molecule has 0 saturated heterocycles. The molecule has 7 nitrogen and oxygen atoms in total. The number of carbonyl (C=O) groups excluding carboxylic acids is 1. The number of nitrogens with zero attached hydrogens (tertiary/aromatic N) is 1. The van der Waals surface area contributed by atoms with E-state index >= 15 is 0 Å². The third-order valence-corrected chi connectivity index (χ3v) is 5.08. The Bertz CT molecular complexity index is 687. The molecular formula is C14H21N3O4S. The summed E-state index contributed by atoms with van der Waals surface area (Å²) in [7, 11) is 1.65. The third-order valence-electron chi connectivity index (χ3n) is 3.74. The SMILES string of the molecule is CNS(=O)(=O)Cc1ccc2c(c1)C(O)(CCN(C)C)C(=O)N2. The summed E-state index contributed by atoms with van der Waals surface area (Å²) in [4.78, 5) is 14.0. The lowest BCUT2D eigenvalue weighted by Gasteiger charge is -2.23. The number of fused-ring (bicyclic) bond motifs is 1. The molecule has 0 bridgehead atoms. The van der Waals surface area contributed by atoms with E-state index in [1.165, 1.54) is 7.05 Å². The van der Waals surface area contributed by atoms with Gasteiger partial charge in [-0.1, -0.05) is 6.07 Å². The first-order valence-corrected chi connectivity index (χ1v) is 8.56. The Balaban J connectivity index is 2.35. The Morgan fingerprint density at radius 3 is 2.64 bits per heavy atom. The fourth-order valence-corrected chi connectivity index (χ4v) is 3.17. The summed E-state index contributed by atoms with van der Waals surface area (Å²) in [6, 6.07) is 4.84. The zero-order chi connectivity index (χ0) is 16.5. The van der Waals surface area contributed by atoms with E-state index < -0.39 is 21.5 Å². The molecule has 1 atom stereocenters. The fraction of sp³-hybridized carbons (Fsp3) is 0.500. The van der Waals surface area contributed by atoms with E-state index in [0.29, 0.717) is 23.4 Å². The van der Waals surface area contributed by atoms with Crippen LogP contribution in [0.25, 0.3) is 0 Å². The summed E-state index contributed by atoms with van der Waals surface area (Å²) in [6.07, 6.45) is 0.237. The maximum absolute atomic E-state index is 12.1. The van der Waals surface area contributed by atoms with E-state index in [0.717, 1.165) is 0 Å². The number of anilines is 1. The van der Waals surface area contributed by atoms with E-state index in [1.54, 1.807) is 18.2 Å². The van der Waals surface area contributed by atoms with E-state index in [2.05, 4.69) is 10.0 Å². The predicted octanol–water partition coefficient (Wildman–Crippen LogP) is -0.173. The maximum atomic E-state index is 12.1. The Morgan fingerprint density at radius 1 is 1.36 bits per heavy atom. The van der Waals surface area contributed by atoms with Crippen LogP contribution < -0.4 is 10.0 Å². The molecule has 3 N–H and O–H groups in total. The van der Waals surface area contributed by atoms with Gasteiger partial charge in [0.2, 0.25) is 10.0 Å². The third kappa shape index (κ3) is 3.30. The first-order valence-electron chi connectivity index (χ1n) is 6.91. The zero-order valence-corrected chi connectivity index (χ0v) is 13.7. The lowest BCUT2D eigenvalue weighted by atomic mass is 9.90. The number of hydrogen-bond acceptors (Lipinski definition) is 5. The molecule has 1 amide bonds. The van der Waals surface area contributed by atoms with Crippen LogP contribution in [0, 0.1) is 0 Å². The van der Waals surface area contributed by atoms with Gasteiger partial charge in [0.25, 0.3) is 5.91 Å². The van der Waals surface area contributed by atoms with Crippen LogP contribution in [0.15, 0.2) is 18.2 Å². The summed E-state index contributed by atoms with van der Waals surface area (Å²) < 4.78 is 25.5. The van der Waals surface area contributed by atoms with Gasteiger partial charge in [-0.05, 0) is 38.8 Å². The van der Waals surface area contributed by atoms with Crippen molar-refractivity contribution in [3.63, 3.8) is 0 Å². The van der Waals surface area contributed by atoms with Crippen LogP contribution in [-0.2, 0) is 26.2 Å². The van der Waals surface area contributed by atoms with Crippen molar-refractivity contribution in [2.24, 2.45) is 0 Å². The Morgan fingerprint density at radius 2 is 2.05 bits per heavy atom. The summed E-state index contributed by atoms with van der Waals surface area (Å²) in [5.74, 6) is -0.674. The molecule has 1 unspecified atom stereocenters. The van der Waals surface area contributed by atoms with E-state index in [1.807, 2.05) is 19.0 Å². The molecule has 0 spiro atoms. The molecule has 1 aromatic rings. The summed E-state index contributed by atoms with van der Waals surface area (Å²) in [5, 5.41) is 13.4. The van der Waals surface area contributed by atoms with Crippen molar-refractivity contribution in [1.29, 1.82) is 0 Å². The van der Waals surface area contributed by atoms with E-state index in [4.69, 9.17) is 0 Å². The van der Waals surface area contributed by atoms with Gasteiger partial charge in [-0.2, -0.15) is 0 Å². The number of aliphatic hydroxyl groups is 1.